The Morgan fingerprint density at radius 2 is 1.66 bits per heavy atom. The molecule has 0 aliphatic carbocycles. The van der Waals surface area contributed by atoms with Gasteiger partial charge in [-0.15, -0.1) is 0 Å². The summed E-state index contributed by atoms with van der Waals surface area (Å²) in [4.78, 5) is 3.70. The number of benzene rings is 2. The van der Waals surface area contributed by atoms with Crippen LogP contribution in [0.3, 0.4) is 0 Å². The summed E-state index contributed by atoms with van der Waals surface area (Å²) in [7, 11) is -4.02. The molecule has 0 amide bonds. The van der Waals surface area contributed by atoms with E-state index in [4.69, 9.17) is 0 Å². The number of hydrogen-bond donors (Lipinski definition) is 2. The molecule has 9 heteroatoms. The second kappa shape index (κ2) is 8.12. The number of aromatic nitrogens is 1. The molecule has 1 aromatic heterocycles. The molecule has 0 saturated carbocycles. The highest BCUT2D eigenvalue weighted by atomic mass is 32.2. The number of hydrogen-bond acceptors (Lipinski definition) is 4. The van der Waals surface area contributed by atoms with Crippen molar-refractivity contribution in [3.8, 4) is 0 Å². The summed E-state index contributed by atoms with van der Waals surface area (Å²) in [6, 6.07) is 15.9. The number of nitrogens with zero attached hydrogens (tertiary/aromatic N) is 1. The predicted molar refractivity (Wildman–Crippen MR) is 105 cm³/mol. The second-order valence-electron chi connectivity index (χ2n) is 6.38. The largest absolute Gasteiger partial charge is 0.417 e. The third-order valence-electron chi connectivity index (χ3n) is 4.10. The Morgan fingerprint density at radius 3 is 2.28 bits per heavy atom. The Labute approximate surface area is 166 Å². The Morgan fingerprint density at radius 1 is 1.00 bits per heavy atom. The van der Waals surface area contributed by atoms with Gasteiger partial charge in [0.2, 0.25) is 0 Å². The average molecular weight is 421 g/mol. The van der Waals surface area contributed by atoms with E-state index in [1.165, 1.54) is 12.1 Å². The fraction of sp³-hybridized carbons (Fsp3) is 0.150. The summed E-state index contributed by atoms with van der Waals surface area (Å²) in [5, 5.41) is 2.84. The Kier molecular flexibility index (Phi) is 5.78. The number of sulfonamides is 1. The van der Waals surface area contributed by atoms with E-state index in [1.54, 1.807) is 36.4 Å². The lowest BCUT2D eigenvalue weighted by Crippen LogP contribution is -2.17. The molecule has 0 radical (unpaired) electrons. The van der Waals surface area contributed by atoms with Crippen LogP contribution in [-0.4, -0.2) is 13.4 Å². The molecular weight excluding hydrogens is 403 g/mol. The van der Waals surface area contributed by atoms with Gasteiger partial charge < -0.3 is 5.32 Å². The minimum atomic E-state index is -4.61. The summed E-state index contributed by atoms with van der Waals surface area (Å²) >= 11 is 0. The third-order valence-corrected chi connectivity index (χ3v) is 5.46. The van der Waals surface area contributed by atoms with Gasteiger partial charge in [0.15, 0.2) is 5.82 Å². The normalized spacial score (nSPS) is 11.9. The summed E-state index contributed by atoms with van der Waals surface area (Å²) < 4.78 is 66.8. The van der Waals surface area contributed by atoms with Crippen LogP contribution in [0.25, 0.3) is 0 Å². The highest BCUT2D eigenvalue weighted by molar-refractivity contribution is 7.92. The van der Waals surface area contributed by atoms with Crippen LogP contribution in [0.15, 0.2) is 71.8 Å². The maximum absolute atomic E-state index is 13.1. The van der Waals surface area contributed by atoms with Crippen molar-refractivity contribution in [2.45, 2.75) is 24.5 Å². The van der Waals surface area contributed by atoms with Crippen LogP contribution in [-0.2, 0) is 22.7 Å². The first kappa shape index (κ1) is 20.7. The van der Waals surface area contributed by atoms with Crippen molar-refractivity contribution in [3.05, 3.63) is 83.6 Å². The monoisotopic (exact) mass is 421 g/mol. The summed E-state index contributed by atoms with van der Waals surface area (Å²) in [6.45, 7) is 2.01. The molecule has 152 valence electrons. The van der Waals surface area contributed by atoms with Crippen molar-refractivity contribution in [2.75, 3.05) is 10.0 Å². The highest BCUT2D eigenvalue weighted by Gasteiger charge is 2.32. The molecule has 29 heavy (non-hydrogen) atoms. The van der Waals surface area contributed by atoms with E-state index in [-0.39, 0.29) is 22.9 Å². The van der Waals surface area contributed by atoms with E-state index in [0.29, 0.717) is 6.20 Å². The molecular formula is C20H18F3N3O2S. The van der Waals surface area contributed by atoms with Gasteiger partial charge >= 0.3 is 6.18 Å². The minimum Gasteiger partial charge on any atom is -0.378 e. The highest BCUT2D eigenvalue weighted by Crippen LogP contribution is 2.33. The molecule has 0 unspecified atom stereocenters. The molecule has 1 heterocycles. The zero-order chi connectivity index (χ0) is 21.1. The van der Waals surface area contributed by atoms with Crippen LogP contribution < -0.4 is 10.0 Å². The first-order chi connectivity index (χ1) is 13.6. The second-order valence-corrected chi connectivity index (χ2v) is 8.06. The van der Waals surface area contributed by atoms with E-state index in [9.17, 15) is 21.6 Å². The quantitative estimate of drug-likeness (QED) is 0.599. The topological polar surface area (TPSA) is 71.1 Å². The Balaban J connectivity index is 1.93. The maximum Gasteiger partial charge on any atom is 0.417 e. The van der Waals surface area contributed by atoms with E-state index >= 15 is 0 Å². The lowest BCUT2D eigenvalue weighted by Gasteiger charge is -2.16. The van der Waals surface area contributed by atoms with E-state index in [2.05, 4.69) is 15.0 Å². The van der Waals surface area contributed by atoms with E-state index in [1.807, 2.05) is 13.0 Å². The number of aryl methyl sites for hydroxylation is 1. The molecule has 2 aromatic carbocycles. The van der Waals surface area contributed by atoms with E-state index in [0.717, 1.165) is 17.2 Å². The number of pyridine rings is 1. The Bertz CT molecular complexity index is 1080. The van der Waals surface area contributed by atoms with Gasteiger partial charge in [0.05, 0.1) is 16.1 Å². The maximum atomic E-state index is 13.1. The molecule has 3 aromatic rings. The standard InChI is InChI=1S/C20H18F3N3O2S/c1-14-7-9-17(10-8-14)29(27,28)26-19-18(11-16(13-25-19)20(21,22)23)24-12-15-5-3-2-4-6-15/h2-11,13,24H,12H2,1H3,(H,25,26). The molecule has 2 N–H and O–H groups in total. The van der Waals surface area contributed by atoms with Crippen LogP contribution in [0.1, 0.15) is 16.7 Å². The summed E-state index contributed by atoms with van der Waals surface area (Å²) in [6.07, 6.45) is -4.01. The Hall–Kier alpha value is -3.07. The zero-order valence-electron chi connectivity index (χ0n) is 15.4. The fourth-order valence-corrected chi connectivity index (χ4v) is 3.56. The fourth-order valence-electron chi connectivity index (χ4n) is 2.53. The first-order valence-corrected chi connectivity index (χ1v) is 10.1. The van der Waals surface area contributed by atoms with Crippen molar-refractivity contribution < 1.29 is 21.6 Å². The number of halogens is 3. The van der Waals surface area contributed by atoms with Crippen LogP contribution in [0.2, 0.25) is 0 Å². The summed E-state index contributed by atoms with van der Waals surface area (Å²) in [5.41, 5.74) is 0.643. The minimum absolute atomic E-state index is 0.0150. The lowest BCUT2D eigenvalue weighted by molar-refractivity contribution is -0.137. The third kappa shape index (κ3) is 5.26. The van der Waals surface area contributed by atoms with Gasteiger partial charge in [-0.2, -0.15) is 13.2 Å². The van der Waals surface area contributed by atoms with Gasteiger partial charge in [-0.05, 0) is 30.7 Å². The van der Waals surface area contributed by atoms with Crippen molar-refractivity contribution in [3.63, 3.8) is 0 Å². The number of alkyl halides is 3. The number of nitrogens with one attached hydrogen (secondary N) is 2. The molecule has 0 saturated heterocycles. The van der Waals surface area contributed by atoms with Crippen molar-refractivity contribution in [2.24, 2.45) is 0 Å². The predicted octanol–water partition coefficient (Wildman–Crippen LogP) is 4.82. The van der Waals surface area contributed by atoms with Crippen LogP contribution in [0, 0.1) is 6.92 Å². The van der Waals surface area contributed by atoms with Gasteiger partial charge in [-0.25, -0.2) is 13.4 Å². The van der Waals surface area contributed by atoms with Crippen molar-refractivity contribution in [1.29, 1.82) is 0 Å². The van der Waals surface area contributed by atoms with Crippen LogP contribution in [0.4, 0.5) is 24.7 Å². The lowest BCUT2D eigenvalue weighted by atomic mass is 10.2. The van der Waals surface area contributed by atoms with Gasteiger partial charge in [-0.1, -0.05) is 48.0 Å². The number of anilines is 2. The first-order valence-electron chi connectivity index (χ1n) is 8.60. The molecule has 0 aliphatic rings. The van der Waals surface area contributed by atoms with Crippen LogP contribution >= 0.6 is 0 Å². The van der Waals surface area contributed by atoms with Gasteiger partial charge in [0.25, 0.3) is 10.0 Å². The molecule has 0 spiro atoms. The molecule has 0 bridgehead atoms. The number of rotatable bonds is 6. The average Bonchev–Trinajstić information content (AvgIpc) is 2.67. The van der Waals surface area contributed by atoms with Crippen molar-refractivity contribution >= 4 is 21.5 Å². The van der Waals surface area contributed by atoms with E-state index < -0.39 is 21.8 Å². The molecule has 0 aliphatic heterocycles. The molecule has 0 atom stereocenters. The van der Waals surface area contributed by atoms with Gasteiger partial charge in [0, 0.05) is 12.7 Å². The van der Waals surface area contributed by atoms with Crippen LogP contribution in [0.5, 0.6) is 0 Å². The SMILES string of the molecule is Cc1ccc(S(=O)(=O)Nc2ncc(C(F)(F)F)cc2NCc2ccccc2)cc1. The molecule has 5 nitrogen and oxygen atoms in total. The zero-order valence-corrected chi connectivity index (χ0v) is 16.2. The molecule has 3 rings (SSSR count). The van der Waals surface area contributed by atoms with Gasteiger partial charge in [-0.3, -0.25) is 4.72 Å². The van der Waals surface area contributed by atoms with Crippen molar-refractivity contribution in [1.82, 2.24) is 4.98 Å². The smallest absolute Gasteiger partial charge is 0.378 e. The molecule has 0 fully saturated rings. The van der Waals surface area contributed by atoms with Gasteiger partial charge in [0.1, 0.15) is 0 Å². The summed E-state index contributed by atoms with van der Waals surface area (Å²) in [5.74, 6) is -0.213.